The fourth-order valence-electron chi connectivity index (χ4n) is 5.55. The molecule has 8 nitrogen and oxygen atoms in total. The van der Waals surface area contributed by atoms with Crippen LogP contribution in [0.2, 0.25) is 0 Å². The van der Waals surface area contributed by atoms with E-state index in [0.29, 0.717) is 57.9 Å². The van der Waals surface area contributed by atoms with Crippen LogP contribution in [0.1, 0.15) is 62.3 Å². The largest absolute Gasteiger partial charge is 0.490 e. The summed E-state index contributed by atoms with van der Waals surface area (Å²) >= 11 is 0. The van der Waals surface area contributed by atoms with Crippen molar-refractivity contribution in [2.45, 2.75) is 71.1 Å². The van der Waals surface area contributed by atoms with Crippen molar-refractivity contribution >= 4 is 0 Å². The molecule has 0 atom stereocenters. The molecule has 0 unspecified atom stereocenters. The molecule has 0 spiro atoms. The molecule has 2 aromatic heterocycles. The van der Waals surface area contributed by atoms with Gasteiger partial charge >= 0.3 is 0 Å². The first-order valence-electron chi connectivity index (χ1n) is 14.1. The number of ether oxygens (including phenoxy) is 2. The molecule has 1 saturated carbocycles. The van der Waals surface area contributed by atoms with Gasteiger partial charge in [-0.15, -0.1) is 0 Å². The van der Waals surface area contributed by atoms with E-state index in [1.807, 2.05) is 6.07 Å². The van der Waals surface area contributed by atoms with Gasteiger partial charge in [-0.1, -0.05) is 6.07 Å². The smallest absolute Gasteiger partial charge is 0.254 e. The molecule has 42 heavy (non-hydrogen) atoms. The molecule has 0 aliphatic heterocycles. The van der Waals surface area contributed by atoms with Crippen LogP contribution in [-0.4, -0.2) is 25.3 Å². The molecule has 2 heterocycles. The van der Waals surface area contributed by atoms with Crippen LogP contribution in [-0.2, 0) is 12.6 Å². The summed E-state index contributed by atoms with van der Waals surface area (Å²) in [6.07, 6.45) is 7.49. The Morgan fingerprint density at radius 1 is 0.929 bits per heavy atom. The van der Waals surface area contributed by atoms with Crippen molar-refractivity contribution in [1.29, 1.82) is 0 Å². The summed E-state index contributed by atoms with van der Waals surface area (Å²) in [5.41, 5.74) is 1.75. The highest BCUT2D eigenvalue weighted by atomic mass is 19.1. The highest BCUT2D eigenvalue weighted by Crippen LogP contribution is 2.42. The summed E-state index contributed by atoms with van der Waals surface area (Å²) in [5.74, 6) is 1.08. The first-order chi connectivity index (χ1) is 19.9. The van der Waals surface area contributed by atoms with E-state index in [-0.39, 0.29) is 29.1 Å². The van der Waals surface area contributed by atoms with E-state index < -0.39 is 5.60 Å². The number of halogens is 1. The Labute approximate surface area is 244 Å². The van der Waals surface area contributed by atoms with Crippen molar-refractivity contribution in [3.63, 3.8) is 0 Å². The molecule has 0 bridgehead atoms. The second kappa shape index (κ2) is 11.6. The molecular weight excluding hydrogens is 537 g/mol. The number of rotatable bonds is 7. The Hall–Kier alpha value is -4.24. The van der Waals surface area contributed by atoms with Gasteiger partial charge in [-0.2, -0.15) is 0 Å². The molecule has 4 aromatic rings. The van der Waals surface area contributed by atoms with Gasteiger partial charge in [0.15, 0.2) is 0 Å². The molecular formula is C33H36FN3O5. The van der Waals surface area contributed by atoms with Gasteiger partial charge in [0, 0.05) is 48.7 Å². The van der Waals surface area contributed by atoms with Crippen LogP contribution in [0.5, 0.6) is 17.2 Å². The zero-order valence-corrected chi connectivity index (χ0v) is 24.6. The van der Waals surface area contributed by atoms with E-state index >= 15 is 0 Å². The molecule has 220 valence electrons. The fourth-order valence-corrected chi connectivity index (χ4v) is 5.55. The Kier molecular flexibility index (Phi) is 8.06. The van der Waals surface area contributed by atoms with E-state index in [2.05, 4.69) is 4.98 Å². The number of aryl methyl sites for hydroxylation is 3. The first kappa shape index (κ1) is 29.3. The second-order valence-electron chi connectivity index (χ2n) is 11.6. The Morgan fingerprint density at radius 2 is 1.62 bits per heavy atom. The average Bonchev–Trinajstić information content (AvgIpc) is 2.93. The molecule has 5 rings (SSSR count). The predicted molar refractivity (Wildman–Crippen MR) is 159 cm³/mol. The van der Waals surface area contributed by atoms with E-state index in [1.54, 1.807) is 64.0 Å². The van der Waals surface area contributed by atoms with Gasteiger partial charge in [0.05, 0.1) is 18.0 Å². The first-order valence-corrected chi connectivity index (χ1v) is 14.1. The van der Waals surface area contributed by atoms with Crippen LogP contribution >= 0.6 is 0 Å². The van der Waals surface area contributed by atoms with Crippen LogP contribution in [0, 0.1) is 19.7 Å². The molecule has 0 saturated heterocycles. The third-order valence-electron chi connectivity index (χ3n) is 7.88. The molecule has 9 heteroatoms. The van der Waals surface area contributed by atoms with Gasteiger partial charge in [0.1, 0.15) is 23.1 Å². The van der Waals surface area contributed by atoms with Crippen molar-refractivity contribution in [2.75, 3.05) is 0 Å². The fraction of sp³-hybridized carbons (Fsp3) is 0.364. The summed E-state index contributed by atoms with van der Waals surface area (Å²) in [6, 6.07) is 11.2. The van der Waals surface area contributed by atoms with Crippen LogP contribution in [0.15, 0.2) is 70.8 Å². The number of pyridine rings is 1. The molecule has 1 fully saturated rings. The zero-order valence-electron chi connectivity index (χ0n) is 24.6. The van der Waals surface area contributed by atoms with Crippen molar-refractivity contribution < 1.29 is 19.0 Å². The molecule has 2 aromatic carbocycles. The number of hydrogen-bond donors (Lipinski definition) is 1. The number of aromatic nitrogens is 3. The van der Waals surface area contributed by atoms with Crippen molar-refractivity contribution in [3.05, 3.63) is 104 Å². The molecule has 0 radical (unpaired) electrons. The lowest BCUT2D eigenvalue weighted by molar-refractivity contribution is 0.0786. The lowest BCUT2D eigenvalue weighted by Crippen LogP contribution is -2.31. The third kappa shape index (κ3) is 6.16. The Balaban J connectivity index is 1.52. The van der Waals surface area contributed by atoms with Crippen LogP contribution in [0.4, 0.5) is 4.39 Å². The van der Waals surface area contributed by atoms with Gasteiger partial charge in [-0.3, -0.25) is 14.2 Å². The monoisotopic (exact) mass is 573 g/mol. The van der Waals surface area contributed by atoms with Gasteiger partial charge in [0.25, 0.3) is 11.1 Å². The lowest BCUT2D eigenvalue weighted by atomic mass is 9.92. The summed E-state index contributed by atoms with van der Waals surface area (Å²) in [5, 5.41) is 10.8. The van der Waals surface area contributed by atoms with E-state index in [9.17, 15) is 19.1 Å². The summed E-state index contributed by atoms with van der Waals surface area (Å²) in [4.78, 5) is 29.2. The van der Waals surface area contributed by atoms with Gasteiger partial charge in [-0.05, 0) is 94.3 Å². The molecule has 0 amide bonds. The topological polar surface area (TPSA) is 95.6 Å². The summed E-state index contributed by atoms with van der Waals surface area (Å²) < 4.78 is 30.1. The van der Waals surface area contributed by atoms with Crippen molar-refractivity contribution in [2.24, 2.45) is 7.05 Å². The van der Waals surface area contributed by atoms with E-state index in [0.717, 1.165) is 12.8 Å². The zero-order chi connectivity index (χ0) is 30.2. The normalized spacial score (nSPS) is 17.2. The quantitative estimate of drug-likeness (QED) is 0.294. The Bertz CT molecular complexity index is 1710. The maximum Gasteiger partial charge on any atom is 0.254 e. The minimum Gasteiger partial charge on any atom is -0.490 e. The van der Waals surface area contributed by atoms with E-state index in [4.69, 9.17) is 9.47 Å². The summed E-state index contributed by atoms with van der Waals surface area (Å²) in [7, 11) is 1.67. The maximum absolute atomic E-state index is 14.0. The molecule has 1 aliphatic rings. The number of nitrogens with zero attached hydrogens (tertiary/aromatic N) is 3. The lowest BCUT2D eigenvalue weighted by Gasteiger charge is -2.30. The SMILES string of the molecule is Cc1cc(F)cc(C)c1Oc1ccc(C(C)(C)O)cc1-c1cn(C)c(=O)cc1O[C@H]1CC[C@H](n2cnccc2=O)CC1. The van der Waals surface area contributed by atoms with Gasteiger partial charge < -0.3 is 19.1 Å². The van der Waals surface area contributed by atoms with E-state index in [1.165, 1.54) is 35.0 Å². The molecule has 1 N–H and O–H groups in total. The molecule has 1 aliphatic carbocycles. The third-order valence-corrected chi connectivity index (χ3v) is 7.88. The minimum atomic E-state index is -1.14. The van der Waals surface area contributed by atoms with Crippen molar-refractivity contribution in [3.8, 4) is 28.4 Å². The standard InChI is InChI=1S/C33H36FN3O5/c1-20-14-23(34)15-21(2)32(20)42-28-11-6-22(33(3,4)40)16-26(28)27-18-36(5)31(39)17-29(27)41-25-9-7-24(8-10-25)37-19-35-13-12-30(37)38/h6,11-19,24-25,40H,7-10H2,1-5H3/t24-,25-. The van der Waals surface area contributed by atoms with Gasteiger partial charge in [0.2, 0.25) is 0 Å². The van der Waals surface area contributed by atoms with Crippen LogP contribution < -0.4 is 20.6 Å². The summed E-state index contributed by atoms with van der Waals surface area (Å²) in [6.45, 7) is 6.97. The minimum absolute atomic E-state index is 0.0415. The van der Waals surface area contributed by atoms with Crippen LogP contribution in [0.25, 0.3) is 11.1 Å². The number of aliphatic hydroxyl groups is 1. The highest BCUT2D eigenvalue weighted by molar-refractivity contribution is 5.76. The maximum atomic E-state index is 14.0. The highest BCUT2D eigenvalue weighted by Gasteiger charge is 2.27. The predicted octanol–water partition coefficient (Wildman–Crippen LogP) is 5.95. The second-order valence-corrected chi connectivity index (χ2v) is 11.6. The Morgan fingerprint density at radius 3 is 2.26 bits per heavy atom. The number of benzene rings is 2. The average molecular weight is 574 g/mol. The van der Waals surface area contributed by atoms with Gasteiger partial charge in [-0.25, -0.2) is 9.37 Å². The van der Waals surface area contributed by atoms with Crippen molar-refractivity contribution in [1.82, 2.24) is 14.1 Å². The van der Waals surface area contributed by atoms with Crippen LogP contribution in [0.3, 0.4) is 0 Å². The number of hydrogen-bond acceptors (Lipinski definition) is 6.